The predicted molar refractivity (Wildman–Crippen MR) is 80.3 cm³/mol. The number of aryl methyl sites for hydroxylation is 1. The summed E-state index contributed by atoms with van der Waals surface area (Å²) in [6.07, 6.45) is 0.552. The van der Waals surface area contributed by atoms with Gasteiger partial charge in [-0.15, -0.1) is 0 Å². The molecule has 5 heteroatoms. The number of carboxylic acids is 1. The van der Waals surface area contributed by atoms with Gasteiger partial charge in [0.25, 0.3) is 0 Å². The van der Waals surface area contributed by atoms with Crippen molar-refractivity contribution >= 4 is 11.9 Å². The summed E-state index contributed by atoms with van der Waals surface area (Å²) < 4.78 is 5.52. The Morgan fingerprint density at radius 3 is 2.52 bits per heavy atom. The molecule has 0 saturated heterocycles. The van der Waals surface area contributed by atoms with Crippen molar-refractivity contribution in [1.29, 1.82) is 0 Å². The summed E-state index contributed by atoms with van der Waals surface area (Å²) in [5.41, 5.74) is 1.00. The Morgan fingerprint density at radius 2 is 1.95 bits per heavy atom. The molecule has 116 valence electrons. The molecule has 1 rings (SSSR count). The smallest absolute Gasteiger partial charge is 0.326 e. The number of para-hydroxylation sites is 1. The molecule has 0 fully saturated rings. The summed E-state index contributed by atoms with van der Waals surface area (Å²) in [4.78, 5) is 22.8. The van der Waals surface area contributed by atoms with Gasteiger partial charge in [-0.3, -0.25) is 4.79 Å². The Labute approximate surface area is 125 Å². The summed E-state index contributed by atoms with van der Waals surface area (Å²) in [5, 5.41) is 11.6. The van der Waals surface area contributed by atoms with Crippen LogP contribution in [0.25, 0.3) is 0 Å². The Hall–Kier alpha value is -2.04. The van der Waals surface area contributed by atoms with Crippen molar-refractivity contribution in [2.24, 2.45) is 5.92 Å². The minimum Gasteiger partial charge on any atom is -0.493 e. The van der Waals surface area contributed by atoms with Crippen LogP contribution in [0.4, 0.5) is 0 Å². The largest absolute Gasteiger partial charge is 0.493 e. The molecule has 0 radical (unpaired) electrons. The first-order valence-corrected chi connectivity index (χ1v) is 7.10. The zero-order chi connectivity index (χ0) is 15.8. The van der Waals surface area contributed by atoms with E-state index in [9.17, 15) is 9.59 Å². The molecule has 0 aliphatic rings. The second-order valence-corrected chi connectivity index (χ2v) is 5.45. The third-order valence-corrected chi connectivity index (χ3v) is 3.02. The van der Waals surface area contributed by atoms with Crippen molar-refractivity contribution in [3.05, 3.63) is 29.8 Å². The van der Waals surface area contributed by atoms with Crippen LogP contribution >= 0.6 is 0 Å². The van der Waals surface area contributed by atoms with Crippen molar-refractivity contribution in [1.82, 2.24) is 5.32 Å². The highest BCUT2D eigenvalue weighted by atomic mass is 16.5. The molecule has 0 saturated carbocycles. The topological polar surface area (TPSA) is 75.6 Å². The van der Waals surface area contributed by atoms with Crippen LogP contribution in [0.5, 0.6) is 5.75 Å². The Kier molecular flexibility index (Phi) is 6.72. The van der Waals surface area contributed by atoms with Gasteiger partial charge in [-0.1, -0.05) is 32.0 Å². The number of carbonyl (C=O) groups excluding carboxylic acids is 1. The van der Waals surface area contributed by atoms with Crippen molar-refractivity contribution in [3.63, 3.8) is 0 Å². The average molecular weight is 293 g/mol. The molecule has 0 heterocycles. The monoisotopic (exact) mass is 293 g/mol. The molecule has 1 amide bonds. The van der Waals surface area contributed by atoms with E-state index in [1.54, 1.807) is 0 Å². The third-order valence-electron chi connectivity index (χ3n) is 3.02. The van der Waals surface area contributed by atoms with Gasteiger partial charge in [0.1, 0.15) is 11.8 Å². The Bertz CT molecular complexity index is 485. The molecule has 2 N–H and O–H groups in total. The summed E-state index contributed by atoms with van der Waals surface area (Å²) in [6, 6.07) is 6.71. The van der Waals surface area contributed by atoms with Gasteiger partial charge >= 0.3 is 5.97 Å². The van der Waals surface area contributed by atoms with E-state index < -0.39 is 12.0 Å². The predicted octanol–water partition coefficient (Wildman–Crippen LogP) is 2.38. The van der Waals surface area contributed by atoms with Crippen LogP contribution in [0, 0.1) is 12.8 Å². The molecule has 1 aromatic carbocycles. The number of carboxylic acid groups (broad SMARTS) is 1. The zero-order valence-corrected chi connectivity index (χ0v) is 12.8. The highest BCUT2D eigenvalue weighted by Gasteiger charge is 2.20. The molecule has 0 bridgehead atoms. The molecular weight excluding hydrogens is 270 g/mol. The number of hydrogen-bond acceptors (Lipinski definition) is 3. The van der Waals surface area contributed by atoms with Crippen molar-refractivity contribution < 1.29 is 19.4 Å². The Morgan fingerprint density at radius 1 is 1.29 bits per heavy atom. The van der Waals surface area contributed by atoms with E-state index in [1.165, 1.54) is 0 Å². The van der Waals surface area contributed by atoms with Gasteiger partial charge in [-0.25, -0.2) is 4.79 Å². The van der Waals surface area contributed by atoms with Gasteiger partial charge in [0, 0.05) is 0 Å². The fourth-order valence-electron chi connectivity index (χ4n) is 1.93. The lowest BCUT2D eigenvalue weighted by molar-refractivity contribution is -0.142. The first-order chi connectivity index (χ1) is 9.90. The summed E-state index contributed by atoms with van der Waals surface area (Å²) in [7, 11) is 0. The van der Waals surface area contributed by atoms with Gasteiger partial charge in [0.15, 0.2) is 0 Å². The fourth-order valence-corrected chi connectivity index (χ4v) is 1.93. The first-order valence-electron chi connectivity index (χ1n) is 7.10. The highest BCUT2D eigenvalue weighted by molar-refractivity contribution is 5.83. The molecule has 1 atom stereocenters. The molecule has 5 nitrogen and oxygen atoms in total. The number of benzene rings is 1. The van der Waals surface area contributed by atoms with Crippen LogP contribution < -0.4 is 10.1 Å². The maximum Gasteiger partial charge on any atom is 0.326 e. The van der Waals surface area contributed by atoms with E-state index in [2.05, 4.69) is 5.32 Å². The lowest BCUT2D eigenvalue weighted by atomic mass is 10.0. The molecule has 0 spiro atoms. The standard InChI is InChI=1S/C16H23NO4/c1-11(2)10-13(16(19)20)17-15(18)8-9-21-14-7-5-4-6-12(14)3/h4-7,11,13H,8-10H2,1-3H3,(H,17,18)(H,19,20)/t13-/m0/s1. The van der Waals surface area contributed by atoms with E-state index in [-0.39, 0.29) is 24.9 Å². The maximum absolute atomic E-state index is 11.8. The molecule has 0 aliphatic carbocycles. The van der Waals surface area contributed by atoms with Crippen LogP contribution in [-0.2, 0) is 9.59 Å². The maximum atomic E-state index is 11.8. The minimum atomic E-state index is -1.00. The van der Waals surface area contributed by atoms with Gasteiger partial charge in [-0.05, 0) is 30.9 Å². The fraction of sp³-hybridized carbons (Fsp3) is 0.500. The van der Waals surface area contributed by atoms with Crippen molar-refractivity contribution in [2.75, 3.05) is 6.61 Å². The second-order valence-electron chi connectivity index (χ2n) is 5.45. The normalized spacial score (nSPS) is 12.0. The van der Waals surface area contributed by atoms with E-state index >= 15 is 0 Å². The molecule has 0 unspecified atom stereocenters. The van der Waals surface area contributed by atoms with E-state index in [0.29, 0.717) is 6.42 Å². The number of rotatable bonds is 8. The average Bonchev–Trinajstić information content (AvgIpc) is 2.39. The molecular formula is C16H23NO4. The zero-order valence-electron chi connectivity index (χ0n) is 12.8. The number of nitrogens with one attached hydrogen (secondary N) is 1. The summed E-state index contributed by atoms with van der Waals surface area (Å²) in [5.74, 6) is -0.370. The molecule has 0 aliphatic heterocycles. The second kappa shape index (κ2) is 8.29. The lowest BCUT2D eigenvalue weighted by Gasteiger charge is -2.16. The van der Waals surface area contributed by atoms with Gasteiger partial charge in [0.05, 0.1) is 13.0 Å². The van der Waals surface area contributed by atoms with Gasteiger partial charge in [-0.2, -0.15) is 0 Å². The summed E-state index contributed by atoms with van der Waals surface area (Å²) in [6.45, 7) is 6.00. The van der Waals surface area contributed by atoms with Crippen molar-refractivity contribution in [3.8, 4) is 5.75 Å². The van der Waals surface area contributed by atoms with Crippen LogP contribution in [0.1, 0.15) is 32.3 Å². The SMILES string of the molecule is Cc1ccccc1OCCC(=O)N[C@@H](CC(C)C)C(=O)O. The number of aliphatic carboxylic acids is 1. The van der Waals surface area contributed by atoms with Crippen molar-refractivity contribution in [2.45, 2.75) is 39.7 Å². The van der Waals surface area contributed by atoms with Crippen LogP contribution in [0.2, 0.25) is 0 Å². The van der Waals surface area contributed by atoms with E-state index in [4.69, 9.17) is 9.84 Å². The molecule has 21 heavy (non-hydrogen) atoms. The quantitative estimate of drug-likeness (QED) is 0.771. The lowest BCUT2D eigenvalue weighted by Crippen LogP contribution is -2.42. The summed E-state index contributed by atoms with van der Waals surface area (Å²) >= 11 is 0. The van der Waals surface area contributed by atoms with Crippen LogP contribution in [-0.4, -0.2) is 29.6 Å². The number of ether oxygens (including phenoxy) is 1. The third kappa shape index (κ3) is 6.29. The van der Waals surface area contributed by atoms with Gasteiger partial charge < -0.3 is 15.2 Å². The number of hydrogen-bond donors (Lipinski definition) is 2. The Balaban J connectivity index is 2.39. The van der Waals surface area contributed by atoms with E-state index in [1.807, 2.05) is 45.0 Å². The number of amides is 1. The van der Waals surface area contributed by atoms with Gasteiger partial charge in [0.2, 0.25) is 5.91 Å². The minimum absolute atomic E-state index is 0.135. The van der Waals surface area contributed by atoms with Crippen LogP contribution in [0.3, 0.4) is 0 Å². The van der Waals surface area contributed by atoms with E-state index in [0.717, 1.165) is 11.3 Å². The molecule has 0 aromatic heterocycles. The first kappa shape index (κ1) is 17.0. The van der Waals surface area contributed by atoms with Crippen LogP contribution in [0.15, 0.2) is 24.3 Å². The molecule has 1 aromatic rings. The highest BCUT2D eigenvalue weighted by Crippen LogP contribution is 2.16. The number of carbonyl (C=O) groups is 2.